The first-order valence-electron chi connectivity index (χ1n) is 6.25. The van der Waals surface area contributed by atoms with Crippen molar-refractivity contribution in [3.8, 4) is 0 Å². The summed E-state index contributed by atoms with van der Waals surface area (Å²) in [5.41, 5.74) is 0. The maximum Gasteiger partial charge on any atom is 0.194 e. The van der Waals surface area contributed by atoms with Gasteiger partial charge in [-0.05, 0) is 0 Å². The van der Waals surface area contributed by atoms with E-state index in [2.05, 4.69) is 0 Å². The molecule has 1 fully saturated rings. The minimum absolute atomic E-state index is 0.0400. The molecule has 116 valence electrons. The molecule has 8 heteroatoms. The molecule has 2 unspecified atom stereocenters. The Morgan fingerprint density at radius 2 is 1.89 bits per heavy atom. The van der Waals surface area contributed by atoms with Crippen molar-refractivity contribution >= 4 is 8.03 Å². The van der Waals surface area contributed by atoms with E-state index in [1.165, 1.54) is 0 Å². The smallest absolute Gasteiger partial charge is 0.194 e. The highest BCUT2D eigenvalue weighted by Crippen LogP contribution is 2.22. The summed E-state index contributed by atoms with van der Waals surface area (Å²) in [5.74, 6) is 0. The van der Waals surface area contributed by atoms with Crippen LogP contribution in [0.4, 0.5) is 0 Å². The highest BCUT2D eigenvalue weighted by Gasteiger charge is 2.11. The Bertz CT molecular complexity index is 234. The predicted octanol–water partition coefficient (Wildman–Crippen LogP) is -0.472. The average Bonchev–Trinajstić information content (AvgIpc) is 2.85. The van der Waals surface area contributed by atoms with E-state index in [9.17, 15) is 4.57 Å². The van der Waals surface area contributed by atoms with Crippen molar-refractivity contribution in [2.45, 2.75) is 6.10 Å². The second kappa shape index (κ2) is 10.7. The van der Waals surface area contributed by atoms with E-state index in [1.54, 1.807) is 0 Å². The van der Waals surface area contributed by atoms with Gasteiger partial charge in [0.2, 0.25) is 0 Å². The van der Waals surface area contributed by atoms with E-state index in [0.717, 1.165) is 24.2 Å². The summed E-state index contributed by atoms with van der Waals surface area (Å²) < 4.78 is 26.4. The zero-order valence-corrected chi connectivity index (χ0v) is 13.0. The van der Waals surface area contributed by atoms with Crippen molar-refractivity contribution in [1.29, 1.82) is 0 Å². The second-order valence-electron chi connectivity index (χ2n) is 5.21. The summed E-state index contributed by atoms with van der Waals surface area (Å²) in [5, 5.41) is 17.5. The van der Waals surface area contributed by atoms with Gasteiger partial charge in [0.25, 0.3) is 0 Å². The van der Waals surface area contributed by atoms with Crippen LogP contribution in [0.25, 0.3) is 0 Å². The molecule has 1 saturated heterocycles. The van der Waals surface area contributed by atoms with Gasteiger partial charge in [-0.2, -0.15) is 0 Å². The SMILES string of the molecule is C1COCO1.C[N+](C)(C)CCO[PH](=O)CC(O)CO. The first-order valence-corrected chi connectivity index (χ1v) is 7.78. The molecular weight excluding hydrogens is 273 g/mol. The number of hydrogen-bond acceptors (Lipinski definition) is 6. The molecule has 1 heterocycles. The van der Waals surface area contributed by atoms with E-state index >= 15 is 0 Å². The van der Waals surface area contributed by atoms with Gasteiger partial charge in [-0.15, -0.1) is 0 Å². The molecule has 0 aromatic heterocycles. The third kappa shape index (κ3) is 14.2. The van der Waals surface area contributed by atoms with Gasteiger partial charge in [0.15, 0.2) is 8.03 Å². The lowest BCUT2D eigenvalue weighted by Gasteiger charge is -2.23. The molecule has 0 amide bonds. The molecule has 0 aromatic carbocycles. The van der Waals surface area contributed by atoms with Crippen molar-refractivity contribution < 1.29 is 33.3 Å². The minimum Gasteiger partial charge on any atom is -0.394 e. The van der Waals surface area contributed by atoms with Crippen LogP contribution in [0.5, 0.6) is 0 Å². The van der Waals surface area contributed by atoms with E-state index < -0.39 is 14.1 Å². The Hall–Kier alpha value is -0.0100. The van der Waals surface area contributed by atoms with Crippen LogP contribution in [0.3, 0.4) is 0 Å². The molecule has 0 aliphatic carbocycles. The first kappa shape index (κ1) is 19.0. The lowest BCUT2D eigenvalue weighted by Crippen LogP contribution is -2.37. The summed E-state index contributed by atoms with van der Waals surface area (Å²) in [4.78, 5) is 0. The quantitative estimate of drug-likeness (QED) is 0.488. The summed E-state index contributed by atoms with van der Waals surface area (Å²) in [6.07, 6.45) is -0.885. The number of hydrogen-bond donors (Lipinski definition) is 2. The van der Waals surface area contributed by atoms with Gasteiger partial charge in [0.1, 0.15) is 19.9 Å². The maximum absolute atomic E-state index is 11.2. The van der Waals surface area contributed by atoms with Crippen molar-refractivity contribution in [1.82, 2.24) is 0 Å². The fourth-order valence-corrected chi connectivity index (χ4v) is 1.99. The molecule has 0 aromatic rings. The topological polar surface area (TPSA) is 85.2 Å². The standard InChI is InChI=1S/C8H21NO4P.C3H6O2/c1-9(2,3)4-5-13-14(12)7-8(11)6-10;1-2-5-3-4-1/h8,10-11,14H,4-7H2,1-3H3;1-3H2/q+1;. The van der Waals surface area contributed by atoms with Gasteiger partial charge in [-0.3, -0.25) is 4.57 Å². The van der Waals surface area contributed by atoms with Crippen LogP contribution in [-0.2, 0) is 18.6 Å². The molecule has 19 heavy (non-hydrogen) atoms. The number of nitrogens with zero attached hydrogens (tertiary/aromatic N) is 1. The lowest BCUT2D eigenvalue weighted by atomic mass is 10.4. The van der Waals surface area contributed by atoms with E-state index in [4.69, 9.17) is 24.2 Å². The van der Waals surface area contributed by atoms with Gasteiger partial charge in [-0.1, -0.05) is 0 Å². The number of aliphatic hydroxyl groups excluding tert-OH is 2. The highest BCUT2D eigenvalue weighted by atomic mass is 31.1. The number of likely N-dealkylation sites (N-methyl/N-ethyl adjacent to an activating group) is 1. The van der Waals surface area contributed by atoms with Gasteiger partial charge < -0.3 is 28.7 Å². The van der Waals surface area contributed by atoms with Crippen molar-refractivity contribution in [2.24, 2.45) is 0 Å². The second-order valence-corrected chi connectivity index (χ2v) is 6.65. The van der Waals surface area contributed by atoms with Crippen molar-refractivity contribution in [3.05, 3.63) is 0 Å². The predicted molar refractivity (Wildman–Crippen MR) is 72.6 cm³/mol. The number of rotatable bonds is 7. The number of quaternary nitrogens is 1. The Morgan fingerprint density at radius 3 is 2.26 bits per heavy atom. The summed E-state index contributed by atoms with van der Waals surface area (Å²) in [7, 11) is 3.86. The van der Waals surface area contributed by atoms with Crippen LogP contribution in [0.15, 0.2) is 0 Å². The fourth-order valence-electron chi connectivity index (χ4n) is 1.04. The average molecular weight is 300 g/mol. The number of ether oxygens (including phenoxy) is 2. The molecule has 2 N–H and O–H groups in total. The third-order valence-electron chi connectivity index (χ3n) is 2.18. The molecule has 0 spiro atoms. The summed E-state index contributed by atoms with van der Waals surface area (Å²) >= 11 is 0. The van der Waals surface area contributed by atoms with Gasteiger partial charge in [0, 0.05) is 0 Å². The van der Waals surface area contributed by atoms with Crippen LogP contribution in [0.1, 0.15) is 0 Å². The maximum atomic E-state index is 11.2. The van der Waals surface area contributed by atoms with Crippen molar-refractivity contribution in [2.75, 3.05) is 67.1 Å². The third-order valence-corrected chi connectivity index (χ3v) is 3.51. The van der Waals surface area contributed by atoms with E-state index in [-0.39, 0.29) is 12.8 Å². The van der Waals surface area contributed by atoms with E-state index in [1.807, 2.05) is 21.1 Å². The Balaban J connectivity index is 0.000000532. The van der Waals surface area contributed by atoms with E-state index in [0.29, 0.717) is 13.4 Å². The molecule has 0 bridgehead atoms. The fraction of sp³-hybridized carbons (Fsp3) is 1.00. The number of aliphatic hydroxyl groups is 2. The van der Waals surface area contributed by atoms with Gasteiger partial charge >= 0.3 is 0 Å². The van der Waals surface area contributed by atoms with Crippen LogP contribution >= 0.6 is 8.03 Å². The minimum atomic E-state index is -2.19. The molecule has 1 rings (SSSR count). The van der Waals surface area contributed by atoms with Crippen LogP contribution in [-0.4, -0.2) is 87.9 Å². The summed E-state index contributed by atoms with van der Waals surface area (Å²) in [6.45, 7) is 2.88. The van der Waals surface area contributed by atoms with Gasteiger partial charge in [0.05, 0.1) is 53.2 Å². The molecule has 2 atom stereocenters. The van der Waals surface area contributed by atoms with Crippen molar-refractivity contribution in [3.63, 3.8) is 0 Å². The molecule has 7 nitrogen and oxygen atoms in total. The molecular formula is C11H27NO6P+. The Labute approximate surface area is 115 Å². The van der Waals surface area contributed by atoms with Crippen LogP contribution < -0.4 is 0 Å². The summed E-state index contributed by atoms with van der Waals surface area (Å²) in [6, 6.07) is 0. The first-order chi connectivity index (χ1) is 8.85. The van der Waals surface area contributed by atoms with Gasteiger partial charge in [-0.25, -0.2) is 0 Å². The lowest BCUT2D eigenvalue weighted by molar-refractivity contribution is -0.870. The molecule has 1 aliphatic heterocycles. The Kier molecular flexibility index (Phi) is 10.7. The zero-order chi connectivity index (χ0) is 14.7. The molecule has 0 saturated carbocycles. The normalized spacial score (nSPS) is 18.6. The highest BCUT2D eigenvalue weighted by molar-refractivity contribution is 7.39. The molecule has 0 radical (unpaired) electrons. The zero-order valence-electron chi connectivity index (χ0n) is 12.0. The van der Waals surface area contributed by atoms with Crippen LogP contribution in [0.2, 0.25) is 0 Å². The monoisotopic (exact) mass is 300 g/mol. The molecule has 1 aliphatic rings. The van der Waals surface area contributed by atoms with Crippen LogP contribution in [0, 0.1) is 0 Å². The largest absolute Gasteiger partial charge is 0.394 e. The Morgan fingerprint density at radius 1 is 1.32 bits per heavy atom.